The van der Waals surface area contributed by atoms with Crippen molar-refractivity contribution in [3.63, 3.8) is 0 Å². The zero-order valence-corrected chi connectivity index (χ0v) is 13.3. The number of benzene rings is 2. The molecule has 0 aliphatic carbocycles. The number of nitrogens with one attached hydrogen (secondary N) is 1. The number of methoxy groups -OCH3 is 2. The molecule has 0 radical (unpaired) electrons. The Labute approximate surface area is 131 Å². The van der Waals surface area contributed by atoms with Crippen LogP contribution < -0.4 is 14.8 Å². The molecule has 0 aromatic heterocycles. The Hall–Kier alpha value is -2.49. The standard InChI is InChI=1S/C18H21NO3/c1-12-11-14(9-10-16(12)21-3)18(20)19-13(2)15-7-5-6-8-17(15)22-4/h5-11,13H,1-4H3,(H,19,20)/t13-/m1/s1. The molecule has 2 rings (SSSR count). The Morgan fingerprint density at radius 3 is 2.36 bits per heavy atom. The van der Waals surface area contributed by atoms with Crippen molar-refractivity contribution in [1.82, 2.24) is 5.32 Å². The lowest BCUT2D eigenvalue weighted by Crippen LogP contribution is -2.27. The number of aryl methyl sites for hydroxylation is 1. The summed E-state index contributed by atoms with van der Waals surface area (Å²) in [5.74, 6) is 1.42. The Kier molecular flexibility index (Phi) is 5.04. The van der Waals surface area contributed by atoms with Crippen molar-refractivity contribution >= 4 is 5.91 Å². The molecule has 4 heteroatoms. The van der Waals surface area contributed by atoms with Crippen molar-refractivity contribution < 1.29 is 14.3 Å². The van der Waals surface area contributed by atoms with Crippen molar-refractivity contribution in [3.8, 4) is 11.5 Å². The van der Waals surface area contributed by atoms with Crippen LogP contribution in [-0.2, 0) is 0 Å². The van der Waals surface area contributed by atoms with Crippen LogP contribution in [0.3, 0.4) is 0 Å². The van der Waals surface area contributed by atoms with Crippen LogP contribution in [0.2, 0.25) is 0 Å². The fraction of sp³-hybridized carbons (Fsp3) is 0.278. The van der Waals surface area contributed by atoms with Crippen LogP contribution >= 0.6 is 0 Å². The molecule has 2 aromatic carbocycles. The minimum absolute atomic E-state index is 0.121. The van der Waals surface area contributed by atoms with E-state index in [0.29, 0.717) is 5.56 Å². The monoisotopic (exact) mass is 299 g/mol. The summed E-state index contributed by atoms with van der Waals surface area (Å²) in [7, 11) is 3.24. The van der Waals surface area contributed by atoms with E-state index in [1.165, 1.54) is 0 Å². The molecule has 1 N–H and O–H groups in total. The van der Waals surface area contributed by atoms with E-state index in [2.05, 4.69) is 5.32 Å². The van der Waals surface area contributed by atoms with Crippen LogP contribution in [0.15, 0.2) is 42.5 Å². The van der Waals surface area contributed by atoms with E-state index in [1.807, 2.05) is 44.2 Å². The van der Waals surface area contributed by atoms with Gasteiger partial charge in [0.2, 0.25) is 0 Å². The zero-order valence-electron chi connectivity index (χ0n) is 13.3. The molecule has 0 unspecified atom stereocenters. The summed E-state index contributed by atoms with van der Waals surface area (Å²) >= 11 is 0. The second kappa shape index (κ2) is 6.98. The third-order valence-corrected chi connectivity index (χ3v) is 3.61. The minimum atomic E-state index is -0.147. The Bertz CT molecular complexity index is 667. The summed E-state index contributed by atoms with van der Waals surface area (Å²) < 4.78 is 10.5. The number of rotatable bonds is 5. The predicted octanol–water partition coefficient (Wildman–Crippen LogP) is 3.50. The molecule has 0 heterocycles. The number of ether oxygens (including phenoxy) is 2. The van der Waals surface area contributed by atoms with Gasteiger partial charge in [-0.15, -0.1) is 0 Å². The van der Waals surface area contributed by atoms with E-state index in [0.717, 1.165) is 22.6 Å². The van der Waals surface area contributed by atoms with Gasteiger partial charge in [0.25, 0.3) is 5.91 Å². The maximum absolute atomic E-state index is 12.4. The van der Waals surface area contributed by atoms with E-state index < -0.39 is 0 Å². The van der Waals surface area contributed by atoms with Gasteiger partial charge >= 0.3 is 0 Å². The number of para-hydroxylation sites is 1. The molecule has 116 valence electrons. The number of hydrogen-bond acceptors (Lipinski definition) is 3. The minimum Gasteiger partial charge on any atom is -0.496 e. The highest BCUT2D eigenvalue weighted by Crippen LogP contribution is 2.25. The van der Waals surface area contributed by atoms with Crippen LogP contribution in [0.5, 0.6) is 11.5 Å². The highest BCUT2D eigenvalue weighted by Gasteiger charge is 2.15. The summed E-state index contributed by atoms with van der Waals surface area (Å²) in [4.78, 5) is 12.4. The molecule has 0 aliphatic heterocycles. The fourth-order valence-electron chi connectivity index (χ4n) is 2.40. The average molecular weight is 299 g/mol. The molecule has 0 saturated carbocycles. The Morgan fingerprint density at radius 1 is 1.05 bits per heavy atom. The van der Waals surface area contributed by atoms with Gasteiger partial charge < -0.3 is 14.8 Å². The molecule has 0 aliphatic rings. The molecule has 0 saturated heterocycles. The van der Waals surface area contributed by atoms with Crippen LogP contribution in [0.1, 0.15) is 34.5 Å². The first kappa shape index (κ1) is 15.9. The maximum Gasteiger partial charge on any atom is 0.251 e. The van der Waals surface area contributed by atoms with Crippen LogP contribution in [0.25, 0.3) is 0 Å². The smallest absolute Gasteiger partial charge is 0.251 e. The van der Waals surface area contributed by atoms with Gasteiger partial charge in [-0.1, -0.05) is 18.2 Å². The van der Waals surface area contributed by atoms with Crippen molar-refractivity contribution in [2.24, 2.45) is 0 Å². The number of carbonyl (C=O) groups excluding carboxylic acids is 1. The molecular formula is C18H21NO3. The van der Waals surface area contributed by atoms with Gasteiger partial charge in [-0.3, -0.25) is 4.79 Å². The van der Waals surface area contributed by atoms with Gasteiger partial charge in [0.15, 0.2) is 0 Å². The fourth-order valence-corrected chi connectivity index (χ4v) is 2.40. The second-order valence-electron chi connectivity index (χ2n) is 5.12. The van der Waals surface area contributed by atoms with Gasteiger partial charge in [-0.25, -0.2) is 0 Å². The summed E-state index contributed by atoms with van der Waals surface area (Å²) in [6.07, 6.45) is 0. The summed E-state index contributed by atoms with van der Waals surface area (Å²) in [6, 6.07) is 12.9. The molecule has 1 atom stereocenters. The summed E-state index contributed by atoms with van der Waals surface area (Å²) in [6.45, 7) is 3.85. The number of amides is 1. The quantitative estimate of drug-likeness (QED) is 0.919. The molecule has 0 spiro atoms. The Morgan fingerprint density at radius 2 is 1.73 bits per heavy atom. The molecule has 0 bridgehead atoms. The number of carbonyl (C=O) groups is 1. The van der Waals surface area contributed by atoms with Gasteiger partial charge in [-0.2, -0.15) is 0 Å². The van der Waals surface area contributed by atoms with Gasteiger partial charge in [-0.05, 0) is 43.7 Å². The second-order valence-corrected chi connectivity index (χ2v) is 5.12. The molecule has 22 heavy (non-hydrogen) atoms. The van der Waals surface area contributed by atoms with Crippen LogP contribution in [0.4, 0.5) is 0 Å². The molecule has 1 amide bonds. The Balaban J connectivity index is 2.16. The first-order chi connectivity index (χ1) is 10.6. The topological polar surface area (TPSA) is 47.6 Å². The van der Waals surface area contributed by atoms with E-state index in [-0.39, 0.29) is 11.9 Å². The normalized spacial score (nSPS) is 11.6. The maximum atomic E-state index is 12.4. The third-order valence-electron chi connectivity index (χ3n) is 3.61. The largest absolute Gasteiger partial charge is 0.496 e. The van der Waals surface area contributed by atoms with Gasteiger partial charge in [0.05, 0.1) is 20.3 Å². The molecule has 4 nitrogen and oxygen atoms in total. The lowest BCUT2D eigenvalue weighted by molar-refractivity contribution is 0.0939. The lowest BCUT2D eigenvalue weighted by Gasteiger charge is -2.17. The third kappa shape index (κ3) is 3.39. The average Bonchev–Trinajstić information content (AvgIpc) is 2.54. The summed E-state index contributed by atoms with van der Waals surface area (Å²) in [5.41, 5.74) is 2.49. The predicted molar refractivity (Wildman–Crippen MR) is 86.6 cm³/mol. The molecule has 2 aromatic rings. The molecule has 0 fully saturated rings. The van der Waals surface area contributed by atoms with Crippen LogP contribution in [0, 0.1) is 6.92 Å². The van der Waals surface area contributed by atoms with Crippen molar-refractivity contribution in [1.29, 1.82) is 0 Å². The van der Waals surface area contributed by atoms with Crippen molar-refractivity contribution in [2.75, 3.05) is 14.2 Å². The SMILES string of the molecule is COc1ccc(C(=O)N[C@H](C)c2ccccc2OC)cc1C. The van der Waals surface area contributed by atoms with Crippen LogP contribution in [-0.4, -0.2) is 20.1 Å². The van der Waals surface area contributed by atoms with Crippen molar-refractivity contribution in [3.05, 3.63) is 59.2 Å². The van der Waals surface area contributed by atoms with Crippen molar-refractivity contribution in [2.45, 2.75) is 19.9 Å². The lowest BCUT2D eigenvalue weighted by atomic mass is 10.1. The summed E-state index contributed by atoms with van der Waals surface area (Å²) in [5, 5.41) is 2.99. The van der Waals surface area contributed by atoms with E-state index in [4.69, 9.17) is 9.47 Å². The number of hydrogen-bond donors (Lipinski definition) is 1. The molecular weight excluding hydrogens is 278 g/mol. The van der Waals surface area contributed by atoms with E-state index in [1.54, 1.807) is 26.4 Å². The van der Waals surface area contributed by atoms with E-state index >= 15 is 0 Å². The first-order valence-corrected chi connectivity index (χ1v) is 7.15. The van der Waals surface area contributed by atoms with E-state index in [9.17, 15) is 4.79 Å². The van der Waals surface area contributed by atoms with Gasteiger partial charge in [0.1, 0.15) is 11.5 Å². The first-order valence-electron chi connectivity index (χ1n) is 7.15. The zero-order chi connectivity index (χ0) is 16.1. The highest BCUT2D eigenvalue weighted by molar-refractivity contribution is 5.94. The van der Waals surface area contributed by atoms with Gasteiger partial charge in [0, 0.05) is 11.1 Å². The highest BCUT2D eigenvalue weighted by atomic mass is 16.5.